The molecule has 0 bridgehead atoms. The molecule has 1 aliphatic carbocycles. The predicted octanol–water partition coefficient (Wildman–Crippen LogP) is 4.03. The van der Waals surface area contributed by atoms with Gasteiger partial charge in [0.25, 0.3) is 0 Å². The van der Waals surface area contributed by atoms with Gasteiger partial charge in [-0.2, -0.15) is 0 Å². The third kappa shape index (κ3) is 3.41. The first kappa shape index (κ1) is 15.9. The highest BCUT2D eigenvalue weighted by Gasteiger charge is 2.40. The Morgan fingerprint density at radius 2 is 1.71 bits per heavy atom. The Bertz CT molecular complexity index is 660. The van der Waals surface area contributed by atoms with Crippen LogP contribution in [-0.2, 0) is 16.0 Å². The lowest BCUT2D eigenvalue weighted by atomic mass is 9.90. The second-order valence-electron chi connectivity index (χ2n) is 6.89. The Hall–Kier alpha value is -1.62. The molecule has 2 fully saturated rings. The molecule has 0 atom stereocenters. The molecule has 0 amide bonds. The SMILES string of the molecule is Cc1ccc(-c2ccc(CNC3CCC4(CC3)OCCO4)o2)cc1. The Balaban J connectivity index is 1.30. The maximum absolute atomic E-state index is 5.98. The van der Waals surface area contributed by atoms with E-state index < -0.39 is 0 Å². The molecule has 1 spiro atoms. The molecule has 2 aromatic rings. The summed E-state index contributed by atoms with van der Waals surface area (Å²) >= 11 is 0. The van der Waals surface area contributed by atoms with E-state index >= 15 is 0 Å². The molecule has 0 unspecified atom stereocenters. The van der Waals surface area contributed by atoms with Gasteiger partial charge in [0.15, 0.2) is 5.79 Å². The van der Waals surface area contributed by atoms with E-state index in [1.807, 2.05) is 0 Å². The van der Waals surface area contributed by atoms with Crippen molar-refractivity contribution in [3.63, 3.8) is 0 Å². The normalized spacial score (nSPS) is 20.7. The van der Waals surface area contributed by atoms with Crippen LogP contribution in [0.5, 0.6) is 0 Å². The summed E-state index contributed by atoms with van der Waals surface area (Å²) in [5, 5.41) is 3.61. The van der Waals surface area contributed by atoms with Gasteiger partial charge in [0, 0.05) is 24.4 Å². The Morgan fingerprint density at radius 3 is 2.42 bits per heavy atom. The second-order valence-corrected chi connectivity index (χ2v) is 6.89. The molecule has 4 nitrogen and oxygen atoms in total. The van der Waals surface area contributed by atoms with E-state index in [0.29, 0.717) is 6.04 Å². The maximum Gasteiger partial charge on any atom is 0.168 e. The fourth-order valence-electron chi connectivity index (χ4n) is 3.64. The fraction of sp³-hybridized carbons (Fsp3) is 0.500. The molecule has 2 heterocycles. The molecule has 24 heavy (non-hydrogen) atoms. The summed E-state index contributed by atoms with van der Waals surface area (Å²) in [6.45, 7) is 4.35. The van der Waals surface area contributed by atoms with E-state index in [1.54, 1.807) is 0 Å². The molecule has 0 radical (unpaired) electrons. The van der Waals surface area contributed by atoms with Gasteiger partial charge in [0.2, 0.25) is 0 Å². The molecular formula is C20H25NO3. The van der Waals surface area contributed by atoms with E-state index in [0.717, 1.165) is 62.5 Å². The van der Waals surface area contributed by atoms with Crippen LogP contribution < -0.4 is 5.32 Å². The average molecular weight is 327 g/mol. The largest absolute Gasteiger partial charge is 0.460 e. The van der Waals surface area contributed by atoms with Crippen molar-refractivity contribution < 1.29 is 13.9 Å². The molecule has 1 aliphatic heterocycles. The smallest absolute Gasteiger partial charge is 0.168 e. The summed E-state index contributed by atoms with van der Waals surface area (Å²) in [6.07, 6.45) is 4.14. The maximum atomic E-state index is 5.98. The van der Waals surface area contributed by atoms with Gasteiger partial charge in [-0.25, -0.2) is 0 Å². The van der Waals surface area contributed by atoms with Gasteiger partial charge in [-0.3, -0.25) is 0 Å². The lowest BCUT2D eigenvalue weighted by molar-refractivity contribution is -0.179. The van der Waals surface area contributed by atoms with E-state index in [4.69, 9.17) is 13.9 Å². The molecule has 1 saturated carbocycles. The van der Waals surface area contributed by atoms with Gasteiger partial charge in [0.1, 0.15) is 11.5 Å². The van der Waals surface area contributed by atoms with Crippen molar-refractivity contribution in [2.24, 2.45) is 0 Å². The zero-order valence-electron chi connectivity index (χ0n) is 14.2. The highest BCUT2D eigenvalue weighted by Crippen LogP contribution is 2.35. The molecule has 1 aromatic heterocycles. The first-order chi connectivity index (χ1) is 11.7. The van der Waals surface area contributed by atoms with Crippen molar-refractivity contribution in [2.75, 3.05) is 13.2 Å². The summed E-state index contributed by atoms with van der Waals surface area (Å²) in [7, 11) is 0. The third-order valence-corrected chi connectivity index (χ3v) is 5.12. The number of hydrogen-bond acceptors (Lipinski definition) is 4. The van der Waals surface area contributed by atoms with E-state index in [-0.39, 0.29) is 5.79 Å². The summed E-state index contributed by atoms with van der Waals surface area (Å²) in [5.74, 6) is 1.64. The van der Waals surface area contributed by atoms with Gasteiger partial charge < -0.3 is 19.2 Å². The van der Waals surface area contributed by atoms with Gasteiger partial charge >= 0.3 is 0 Å². The van der Waals surface area contributed by atoms with E-state index in [9.17, 15) is 0 Å². The first-order valence-electron chi connectivity index (χ1n) is 8.90. The summed E-state index contributed by atoms with van der Waals surface area (Å²) in [5.41, 5.74) is 2.39. The number of furan rings is 1. The topological polar surface area (TPSA) is 43.6 Å². The molecule has 4 heteroatoms. The van der Waals surface area contributed by atoms with Crippen molar-refractivity contribution in [3.8, 4) is 11.3 Å². The number of hydrogen-bond donors (Lipinski definition) is 1. The van der Waals surface area contributed by atoms with Crippen molar-refractivity contribution >= 4 is 0 Å². The van der Waals surface area contributed by atoms with Crippen molar-refractivity contribution in [1.82, 2.24) is 5.32 Å². The van der Waals surface area contributed by atoms with Crippen LogP contribution in [0, 0.1) is 6.92 Å². The molecule has 128 valence electrons. The van der Waals surface area contributed by atoms with Crippen LogP contribution in [-0.4, -0.2) is 25.0 Å². The monoisotopic (exact) mass is 327 g/mol. The van der Waals surface area contributed by atoms with Crippen LogP contribution in [0.2, 0.25) is 0 Å². The van der Waals surface area contributed by atoms with Gasteiger partial charge in [-0.05, 0) is 31.9 Å². The molecule has 2 aliphatic rings. The van der Waals surface area contributed by atoms with Crippen molar-refractivity contribution in [1.29, 1.82) is 0 Å². The van der Waals surface area contributed by atoms with Gasteiger partial charge in [-0.1, -0.05) is 29.8 Å². The van der Waals surface area contributed by atoms with Crippen LogP contribution >= 0.6 is 0 Å². The zero-order valence-corrected chi connectivity index (χ0v) is 14.2. The van der Waals surface area contributed by atoms with Crippen LogP contribution in [0.15, 0.2) is 40.8 Å². The quantitative estimate of drug-likeness (QED) is 0.921. The number of ether oxygens (including phenoxy) is 2. The molecule has 1 saturated heterocycles. The minimum absolute atomic E-state index is 0.276. The van der Waals surface area contributed by atoms with Crippen LogP contribution in [0.25, 0.3) is 11.3 Å². The molecule has 1 aromatic carbocycles. The Morgan fingerprint density at radius 1 is 1.00 bits per heavy atom. The van der Waals surface area contributed by atoms with E-state index in [2.05, 4.69) is 48.6 Å². The first-order valence-corrected chi connectivity index (χ1v) is 8.90. The minimum atomic E-state index is -0.276. The zero-order chi connectivity index (χ0) is 16.4. The highest BCUT2D eigenvalue weighted by atomic mass is 16.7. The number of benzene rings is 1. The van der Waals surface area contributed by atoms with Gasteiger partial charge in [-0.15, -0.1) is 0 Å². The van der Waals surface area contributed by atoms with Crippen molar-refractivity contribution in [2.45, 2.75) is 51.0 Å². The fourth-order valence-corrected chi connectivity index (χ4v) is 3.64. The summed E-state index contributed by atoms with van der Waals surface area (Å²) in [4.78, 5) is 0. The minimum Gasteiger partial charge on any atom is -0.460 e. The standard InChI is InChI=1S/C20H25NO3/c1-15-2-4-16(5-3-15)19-7-6-18(24-19)14-21-17-8-10-20(11-9-17)22-12-13-23-20/h2-7,17,21H,8-14H2,1H3. The summed E-state index contributed by atoms with van der Waals surface area (Å²) in [6, 6.07) is 13.1. The number of nitrogens with one attached hydrogen (secondary N) is 1. The highest BCUT2D eigenvalue weighted by molar-refractivity contribution is 5.57. The lowest BCUT2D eigenvalue weighted by Crippen LogP contribution is -2.41. The number of aryl methyl sites for hydroxylation is 1. The summed E-state index contributed by atoms with van der Waals surface area (Å²) < 4.78 is 17.6. The molecule has 4 rings (SSSR count). The second kappa shape index (κ2) is 6.71. The van der Waals surface area contributed by atoms with Gasteiger partial charge in [0.05, 0.1) is 19.8 Å². The molecule has 1 N–H and O–H groups in total. The Labute approximate surface area is 143 Å². The third-order valence-electron chi connectivity index (χ3n) is 5.12. The lowest BCUT2D eigenvalue weighted by Gasteiger charge is -2.35. The number of rotatable bonds is 4. The van der Waals surface area contributed by atoms with Crippen LogP contribution in [0.4, 0.5) is 0 Å². The molecular weight excluding hydrogens is 302 g/mol. The Kier molecular flexibility index (Phi) is 4.44. The van der Waals surface area contributed by atoms with Crippen molar-refractivity contribution in [3.05, 3.63) is 47.7 Å². The average Bonchev–Trinajstić information content (AvgIpc) is 3.25. The van der Waals surface area contributed by atoms with E-state index in [1.165, 1.54) is 5.56 Å². The predicted molar refractivity (Wildman–Crippen MR) is 92.6 cm³/mol. The van der Waals surface area contributed by atoms with Crippen LogP contribution in [0.3, 0.4) is 0 Å². The van der Waals surface area contributed by atoms with Crippen LogP contribution in [0.1, 0.15) is 37.0 Å².